The van der Waals surface area contributed by atoms with Gasteiger partial charge in [0.15, 0.2) is 5.13 Å². The zero-order valence-corrected chi connectivity index (χ0v) is 26.9. The number of benzene rings is 3. The van der Waals surface area contributed by atoms with Gasteiger partial charge in [-0.3, -0.25) is 0 Å². The van der Waals surface area contributed by atoms with E-state index in [9.17, 15) is 9.59 Å². The molecule has 236 valence electrons. The van der Waals surface area contributed by atoms with Crippen LogP contribution in [0.2, 0.25) is 0 Å². The van der Waals surface area contributed by atoms with Crippen LogP contribution in [0.15, 0.2) is 102 Å². The summed E-state index contributed by atoms with van der Waals surface area (Å²) in [7, 11) is 0. The van der Waals surface area contributed by atoms with Crippen LogP contribution in [0.25, 0.3) is 0 Å². The number of hydrogen-bond acceptors (Lipinski definition) is 9. The molecule has 1 aromatic heterocycles. The Bertz CT molecular complexity index is 1440. The molecule has 4 rings (SSSR count). The first-order valence-electron chi connectivity index (χ1n) is 15.0. The fourth-order valence-corrected chi connectivity index (χ4v) is 5.43. The maximum absolute atomic E-state index is 12.9. The van der Waals surface area contributed by atoms with Crippen LogP contribution in [0.3, 0.4) is 0 Å². The van der Waals surface area contributed by atoms with Gasteiger partial charge < -0.3 is 24.9 Å². The second-order valence-corrected chi connectivity index (χ2v) is 12.0. The summed E-state index contributed by atoms with van der Waals surface area (Å²) in [5, 5.41) is 12.9. The first-order chi connectivity index (χ1) is 21.7. The first-order valence-corrected chi connectivity index (χ1v) is 15.9. The van der Waals surface area contributed by atoms with Crippen molar-refractivity contribution < 1.29 is 23.9 Å². The molecular weight excluding hydrogens is 588 g/mol. The molecule has 0 radical (unpaired) electrons. The van der Waals surface area contributed by atoms with Gasteiger partial charge in [-0.25, -0.2) is 14.6 Å². The lowest BCUT2D eigenvalue weighted by molar-refractivity contribution is -0.135. The number of thiazole rings is 1. The average molecular weight is 629 g/mol. The third-order valence-electron chi connectivity index (χ3n) is 6.62. The van der Waals surface area contributed by atoms with Gasteiger partial charge in [0, 0.05) is 11.9 Å². The minimum atomic E-state index is -0.774. The number of nitrogens with one attached hydrogen (secondary N) is 2. The van der Waals surface area contributed by atoms with Crippen molar-refractivity contribution in [2.24, 2.45) is 5.16 Å². The van der Waals surface area contributed by atoms with Gasteiger partial charge in [-0.15, -0.1) is 11.3 Å². The van der Waals surface area contributed by atoms with E-state index in [0.29, 0.717) is 30.2 Å². The number of hydrogen-bond donors (Lipinski definition) is 2. The Morgan fingerprint density at radius 3 is 1.91 bits per heavy atom. The molecule has 0 saturated heterocycles. The van der Waals surface area contributed by atoms with Gasteiger partial charge in [-0.2, -0.15) is 0 Å². The summed E-state index contributed by atoms with van der Waals surface area (Å²) in [4.78, 5) is 35.0. The zero-order valence-electron chi connectivity index (χ0n) is 26.1. The Hall–Kier alpha value is -4.70. The van der Waals surface area contributed by atoms with Crippen LogP contribution in [0.1, 0.15) is 62.9 Å². The summed E-state index contributed by atoms with van der Waals surface area (Å²) in [6, 6.07) is 30.6. The molecule has 45 heavy (non-hydrogen) atoms. The van der Waals surface area contributed by atoms with Gasteiger partial charge in [0.25, 0.3) is 0 Å². The van der Waals surface area contributed by atoms with E-state index in [1.807, 2.05) is 75.4 Å². The average Bonchev–Trinajstić information content (AvgIpc) is 3.49. The van der Waals surface area contributed by atoms with Gasteiger partial charge >= 0.3 is 12.1 Å². The van der Waals surface area contributed by atoms with Crippen molar-refractivity contribution >= 4 is 34.2 Å². The van der Waals surface area contributed by atoms with Crippen molar-refractivity contribution in [3.05, 3.63) is 119 Å². The minimum Gasteiger partial charge on any atom is -0.461 e. The third-order valence-corrected chi connectivity index (χ3v) is 7.37. The second kappa shape index (κ2) is 15.9. The Morgan fingerprint density at radius 1 is 0.844 bits per heavy atom. The Labute approximate surface area is 268 Å². The van der Waals surface area contributed by atoms with E-state index in [1.165, 1.54) is 11.3 Å². The summed E-state index contributed by atoms with van der Waals surface area (Å²) in [6.07, 6.45) is 0.789. The number of rotatable bonds is 14. The van der Waals surface area contributed by atoms with Crippen molar-refractivity contribution in [1.29, 1.82) is 0 Å². The van der Waals surface area contributed by atoms with Crippen LogP contribution >= 0.6 is 11.3 Å². The minimum absolute atomic E-state index is 0.0160. The molecule has 0 fully saturated rings. The molecule has 0 aliphatic rings. The number of alkyl carbamates (subject to hydrolysis) is 1. The maximum atomic E-state index is 12.9. The number of anilines is 1. The van der Waals surface area contributed by atoms with Crippen LogP contribution < -0.4 is 10.6 Å². The number of oxime groups is 1. The van der Waals surface area contributed by atoms with Gasteiger partial charge in [0.05, 0.1) is 6.61 Å². The lowest BCUT2D eigenvalue weighted by atomic mass is 9.77. The largest absolute Gasteiger partial charge is 0.461 e. The molecule has 0 spiro atoms. The quantitative estimate of drug-likeness (QED) is 0.0502. The molecule has 0 atom stereocenters. The molecule has 3 aromatic carbocycles. The molecular formula is C35H40N4O5S. The number of amides is 1. The van der Waals surface area contributed by atoms with Crippen molar-refractivity contribution in [3.8, 4) is 0 Å². The molecule has 0 aliphatic carbocycles. The third kappa shape index (κ3) is 9.15. The number of ether oxygens (including phenoxy) is 2. The van der Waals surface area contributed by atoms with Gasteiger partial charge in [0.2, 0.25) is 5.71 Å². The fraction of sp³-hybridized carbons (Fsp3) is 0.314. The second-order valence-electron chi connectivity index (χ2n) is 11.1. The molecule has 0 aliphatic heterocycles. The monoisotopic (exact) mass is 628 g/mol. The van der Waals surface area contributed by atoms with Gasteiger partial charge in [-0.1, -0.05) is 96.2 Å². The van der Waals surface area contributed by atoms with E-state index in [4.69, 9.17) is 19.3 Å². The van der Waals surface area contributed by atoms with Crippen LogP contribution in [0.5, 0.6) is 0 Å². The Balaban J connectivity index is 1.54. The molecule has 1 heterocycles. The SMILES string of the molecule is CCOC(=O)C(=NOCCCCNC(=O)OC(C)(C)C)c1csc(NC(c2ccccc2)(c2ccccc2)c2ccccc2)n1. The zero-order chi connectivity index (χ0) is 32.1. The van der Waals surface area contributed by atoms with Gasteiger partial charge in [0.1, 0.15) is 23.4 Å². The molecule has 9 nitrogen and oxygen atoms in total. The number of nitrogens with zero attached hydrogens (tertiary/aromatic N) is 2. The number of unbranched alkanes of at least 4 members (excludes halogenated alkanes) is 1. The summed E-state index contributed by atoms with van der Waals surface area (Å²) >= 11 is 1.36. The predicted molar refractivity (Wildman–Crippen MR) is 178 cm³/mol. The smallest absolute Gasteiger partial charge is 0.407 e. The fourth-order valence-electron chi connectivity index (χ4n) is 4.68. The van der Waals surface area contributed by atoms with E-state index in [-0.39, 0.29) is 18.9 Å². The van der Waals surface area contributed by atoms with E-state index in [0.717, 1.165) is 16.7 Å². The number of carbonyl (C=O) groups excluding carboxylic acids is 2. The maximum Gasteiger partial charge on any atom is 0.407 e. The first kappa shape index (κ1) is 33.2. The summed E-state index contributed by atoms with van der Waals surface area (Å²) in [5.74, 6) is -0.624. The summed E-state index contributed by atoms with van der Waals surface area (Å²) < 4.78 is 10.5. The van der Waals surface area contributed by atoms with Crippen LogP contribution in [0.4, 0.5) is 9.93 Å². The molecule has 0 saturated carbocycles. The van der Waals surface area contributed by atoms with Crippen LogP contribution in [-0.4, -0.2) is 48.1 Å². The summed E-state index contributed by atoms with van der Waals surface area (Å²) in [5.41, 5.74) is 2.09. The number of carbonyl (C=O) groups is 2. The van der Waals surface area contributed by atoms with Crippen LogP contribution in [0, 0.1) is 0 Å². The molecule has 2 N–H and O–H groups in total. The topological polar surface area (TPSA) is 111 Å². The summed E-state index contributed by atoms with van der Waals surface area (Å²) in [6.45, 7) is 8.03. The predicted octanol–water partition coefficient (Wildman–Crippen LogP) is 7.14. The van der Waals surface area contributed by atoms with Crippen molar-refractivity contribution in [2.75, 3.05) is 25.1 Å². The molecule has 4 aromatic rings. The normalized spacial score (nSPS) is 11.9. The lowest BCUT2D eigenvalue weighted by Gasteiger charge is -2.36. The van der Waals surface area contributed by atoms with E-state index in [2.05, 4.69) is 52.2 Å². The molecule has 10 heteroatoms. The van der Waals surface area contributed by atoms with E-state index in [1.54, 1.807) is 12.3 Å². The molecule has 1 amide bonds. The molecule has 0 unspecified atom stereocenters. The van der Waals surface area contributed by atoms with Crippen molar-refractivity contribution in [2.45, 2.75) is 51.7 Å². The standard InChI is InChI=1S/C35H40N4O5S/c1-5-42-31(40)30(39-43-24-16-15-23-36-33(41)44-34(2,3)4)29-25-45-32(37-29)38-35(26-17-9-6-10-18-26,27-19-11-7-12-20-27)28-21-13-8-14-22-28/h6-14,17-22,25H,5,15-16,23-24H2,1-4H3,(H,36,41)(H,37,38). The lowest BCUT2D eigenvalue weighted by Crippen LogP contribution is -2.38. The highest BCUT2D eigenvalue weighted by molar-refractivity contribution is 7.14. The highest BCUT2D eigenvalue weighted by atomic mass is 32.1. The Kier molecular flexibility index (Phi) is 11.7. The van der Waals surface area contributed by atoms with Crippen LogP contribution in [-0.2, 0) is 24.6 Å². The number of esters is 1. The number of aromatic nitrogens is 1. The van der Waals surface area contributed by atoms with E-state index < -0.39 is 23.2 Å². The van der Waals surface area contributed by atoms with E-state index >= 15 is 0 Å². The van der Waals surface area contributed by atoms with Gasteiger partial charge in [-0.05, 0) is 57.2 Å². The Morgan fingerprint density at radius 2 is 1.40 bits per heavy atom. The molecule has 0 bridgehead atoms. The van der Waals surface area contributed by atoms with Crippen molar-refractivity contribution in [1.82, 2.24) is 10.3 Å². The van der Waals surface area contributed by atoms with Crippen molar-refractivity contribution in [3.63, 3.8) is 0 Å². The highest BCUT2D eigenvalue weighted by Gasteiger charge is 2.37. The highest BCUT2D eigenvalue weighted by Crippen LogP contribution is 2.40.